The molecule has 1 aromatic rings. The largest absolute Gasteiger partial charge is 0.350 e. The van der Waals surface area contributed by atoms with E-state index >= 15 is 0 Å². The number of aryl methyl sites for hydroxylation is 2. The molecule has 2 N–H and O–H groups in total. The molecule has 2 amide bonds. The van der Waals surface area contributed by atoms with Crippen LogP contribution in [0.2, 0.25) is 0 Å². The third-order valence-electron chi connectivity index (χ3n) is 3.14. The number of hydrogen-bond acceptors (Lipinski definition) is 4. The number of rotatable bonds is 4. The first-order valence-corrected chi connectivity index (χ1v) is 7.33. The van der Waals surface area contributed by atoms with Crippen molar-refractivity contribution in [1.29, 1.82) is 0 Å². The SMILES string of the molecule is Cc1cc(C)c(CNC(=O)CN2CCSC2=O)c(=O)[nH]1. The van der Waals surface area contributed by atoms with Crippen LogP contribution in [0.5, 0.6) is 0 Å². The lowest BCUT2D eigenvalue weighted by molar-refractivity contribution is -0.121. The summed E-state index contributed by atoms with van der Waals surface area (Å²) in [5.74, 6) is 0.475. The number of amides is 2. The van der Waals surface area contributed by atoms with Gasteiger partial charge >= 0.3 is 0 Å². The number of nitrogens with zero attached hydrogens (tertiary/aromatic N) is 1. The second-order valence-electron chi connectivity index (χ2n) is 4.76. The molecule has 20 heavy (non-hydrogen) atoms. The minimum absolute atomic E-state index is 0.0502. The standard InChI is InChI=1S/C13H17N3O3S/c1-8-5-9(2)15-12(18)10(8)6-14-11(17)7-16-3-4-20-13(16)19/h5H,3-4,6-7H2,1-2H3,(H,14,17)(H,15,18). The predicted octanol–water partition coefficient (Wildman–Crippen LogP) is 0.777. The summed E-state index contributed by atoms with van der Waals surface area (Å²) in [6, 6.07) is 1.86. The molecule has 0 atom stereocenters. The first kappa shape index (κ1) is 14.6. The second-order valence-corrected chi connectivity index (χ2v) is 5.80. The Morgan fingerprint density at radius 3 is 2.80 bits per heavy atom. The molecule has 0 bridgehead atoms. The Balaban J connectivity index is 1.94. The third kappa shape index (κ3) is 3.41. The smallest absolute Gasteiger partial charge is 0.282 e. The summed E-state index contributed by atoms with van der Waals surface area (Å²) in [7, 11) is 0. The van der Waals surface area contributed by atoms with Crippen molar-refractivity contribution >= 4 is 22.9 Å². The monoisotopic (exact) mass is 295 g/mol. The Hall–Kier alpha value is -1.76. The molecule has 1 aliphatic rings. The van der Waals surface area contributed by atoms with Gasteiger partial charge in [0.1, 0.15) is 6.54 Å². The van der Waals surface area contributed by atoms with E-state index in [9.17, 15) is 14.4 Å². The van der Waals surface area contributed by atoms with Crippen LogP contribution >= 0.6 is 11.8 Å². The van der Waals surface area contributed by atoms with Crippen molar-refractivity contribution in [3.8, 4) is 0 Å². The zero-order valence-electron chi connectivity index (χ0n) is 11.5. The Labute approximate surface area is 120 Å². The molecular formula is C13H17N3O3S. The van der Waals surface area contributed by atoms with Crippen LogP contribution < -0.4 is 10.9 Å². The molecule has 0 saturated carbocycles. The number of nitrogens with one attached hydrogen (secondary N) is 2. The minimum Gasteiger partial charge on any atom is -0.350 e. The molecular weight excluding hydrogens is 278 g/mol. The van der Waals surface area contributed by atoms with Crippen LogP contribution in [0.25, 0.3) is 0 Å². The molecule has 0 spiro atoms. The van der Waals surface area contributed by atoms with Gasteiger partial charge in [0.2, 0.25) is 5.91 Å². The van der Waals surface area contributed by atoms with Gasteiger partial charge in [-0.25, -0.2) is 0 Å². The normalized spacial score (nSPS) is 14.7. The van der Waals surface area contributed by atoms with E-state index in [1.807, 2.05) is 19.9 Å². The van der Waals surface area contributed by atoms with Gasteiger partial charge in [-0.05, 0) is 25.5 Å². The fraction of sp³-hybridized carbons (Fsp3) is 0.462. The molecule has 2 heterocycles. The van der Waals surface area contributed by atoms with E-state index in [-0.39, 0.29) is 29.8 Å². The Kier molecular flexibility index (Phi) is 4.49. The number of carbonyl (C=O) groups excluding carboxylic acids is 2. The van der Waals surface area contributed by atoms with E-state index in [2.05, 4.69) is 10.3 Å². The first-order chi connectivity index (χ1) is 9.47. The summed E-state index contributed by atoms with van der Waals surface area (Å²) in [6.07, 6.45) is 0. The van der Waals surface area contributed by atoms with Crippen LogP contribution in [-0.4, -0.2) is 39.9 Å². The Morgan fingerprint density at radius 1 is 1.45 bits per heavy atom. The molecule has 1 fully saturated rings. The molecule has 0 unspecified atom stereocenters. The van der Waals surface area contributed by atoms with Gasteiger partial charge < -0.3 is 15.2 Å². The van der Waals surface area contributed by atoms with Crippen LogP contribution in [-0.2, 0) is 11.3 Å². The topological polar surface area (TPSA) is 82.3 Å². The highest BCUT2D eigenvalue weighted by Gasteiger charge is 2.23. The van der Waals surface area contributed by atoms with E-state index in [1.54, 1.807) is 0 Å². The summed E-state index contributed by atoms with van der Waals surface area (Å²) in [4.78, 5) is 39.2. The maximum Gasteiger partial charge on any atom is 0.282 e. The summed E-state index contributed by atoms with van der Waals surface area (Å²) >= 11 is 1.22. The van der Waals surface area contributed by atoms with E-state index in [1.165, 1.54) is 16.7 Å². The molecule has 1 saturated heterocycles. The average Bonchev–Trinajstić information content (AvgIpc) is 2.73. The highest BCUT2D eigenvalue weighted by atomic mass is 32.2. The highest BCUT2D eigenvalue weighted by molar-refractivity contribution is 8.13. The van der Waals surface area contributed by atoms with Crippen molar-refractivity contribution in [2.24, 2.45) is 0 Å². The number of hydrogen-bond donors (Lipinski definition) is 2. The lowest BCUT2D eigenvalue weighted by Crippen LogP contribution is -2.38. The van der Waals surface area contributed by atoms with Crippen LogP contribution in [0.3, 0.4) is 0 Å². The zero-order chi connectivity index (χ0) is 14.7. The van der Waals surface area contributed by atoms with Crippen molar-refractivity contribution in [3.63, 3.8) is 0 Å². The number of H-pyrrole nitrogens is 1. The molecule has 0 aliphatic carbocycles. The zero-order valence-corrected chi connectivity index (χ0v) is 12.3. The van der Waals surface area contributed by atoms with E-state index in [4.69, 9.17) is 0 Å². The quantitative estimate of drug-likeness (QED) is 0.860. The first-order valence-electron chi connectivity index (χ1n) is 6.35. The molecule has 6 nitrogen and oxygen atoms in total. The number of aromatic amines is 1. The van der Waals surface area contributed by atoms with Gasteiger partial charge in [0.05, 0.1) is 0 Å². The maximum absolute atomic E-state index is 11.8. The average molecular weight is 295 g/mol. The van der Waals surface area contributed by atoms with Crippen molar-refractivity contribution in [1.82, 2.24) is 15.2 Å². The summed E-state index contributed by atoms with van der Waals surface area (Å²) < 4.78 is 0. The molecule has 0 radical (unpaired) electrons. The molecule has 0 aromatic carbocycles. The van der Waals surface area contributed by atoms with Crippen LogP contribution in [0, 0.1) is 13.8 Å². The lowest BCUT2D eigenvalue weighted by Gasteiger charge is -2.14. The van der Waals surface area contributed by atoms with E-state index < -0.39 is 0 Å². The molecule has 1 aliphatic heterocycles. The van der Waals surface area contributed by atoms with E-state index in [0.29, 0.717) is 12.1 Å². The van der Waals surface area contributed by atoms with Gasteiger partial charge in [-0.3, -0.25) is 14.4 Å². The second kappa shape index (κ2) is 6.13. The Bertz CT molecular complexity index is 597. The maximum atomic E-state index is 11.8. The molecule has 108 valence electrons. The van der Waals surface area contributed by atoms with Crippen molar-refractivity contribution in [2.75, 3.05) is 18.8 Å². The summed E-state index contributed by atoms with van der Waals surface area (Å²) in [5, 5.41) is 2.62. The number of carbonyl (C=O) groups is 2. The predicted molar refractivity (Wildman–Crippen MR) is 77.8 cm³/mol. The van der Waals surface area contributed by atoms with Crippen molar-refractivity contribution < 1.29 is 9.59 Å². The fourth-order valence-electron chi connectivity index (χ4n) is 2.09. The minimum atomic E-state index is -0.250. The fourth-order valence-corrected chi connectivity index (χ4v) is 2.91. The molecule has 2 rings (SSSR count). The van der Waals surface area contributed by atoms with Gasteiger partial charge in [-0.1, -0.05) is 11.8 Å². The lowest BCUT2D eigenvalue weighted by atomic mass is 10.1. The summed E-state index contributed by atoms with van der Waals surface area (Å²) in [6.45, 7) is 4.48. The van der Waals surface area contributed by atoms with Crippen LogP contribution in [0.4, 0.5) is 4.79 Å². The van der Waals surface area contributed by atoms with E-state index in [0.717, 1.165) is 17.0 Å². The molecule has 1 aromatic heterocycles. The van der Waals surface area contributed by atoms with Gasteiger partial charge in [0, 0.05) is 30.1 Å². The van der Waals surface area contributed by atoms with Gasteiger partial charge in [0.25, 0.3) is 10.8 Å². The van der Waals surface area contributed by atoms with Crippen LogP contribution in [0.15, 0.2) is 10.9 Å². The third-order valence-corrected chi connectivity index (χ3v) is 4.03. The van der Waals surface area contributed by atoms with Crippen molar-refractivity contribution in [2.45, 2.75) is 20.4 Å². The van der Waals surface area contributed by atoms with Gasteiger partial charge in [-0.15, -0.1) is 0 Å². The van der Waals surface area contributed by atoms with Gasteiger partial charge in [0.15, 0.2) is 0 Å². The Morgan fingerprint density at radius 2 is 2.20 bits per heavy atom. The van der Waals surface area contributed by atoms with Crippen molar-refractivity contribution in [3.05, 3.63) is 33.2 Å². The van der Waals surface area contributed by atoms with Crippen LogP contribution in [0.1, 0.15) is 16.8 Å². The van der Waals surface area contributed by atoms with Gasteiger partial charge in [-0.2, -0.15) is 0 Å². The number of thioether (sulfide) groups is 1. The highest BCUT2D eigenvalue weighted by Crippen LogP contribution is 2.16. The summed E-state index contributed by atoms with van der Waals surface area (Å²) in [5.41, 5.74) is 2.00. The molecule has 7 heteroatoms. The number of aromatic nitrogens is 1. The number of pyridine rings is 1.